The molecule has 0 spiro atoms. The normalized spacial score (nSPS) is 11.6. The molecule has 1 rings (SSSR count). The monoisotopic (exact) mass is 329 g/mol. The third-order valence-corrected chi connectivity index (χ3v) is 3.59. The van der Waals surface area contributed by atoms with E-state index in [0.717, 1.165) is 18.2 Å². The average Bonchev–Trinajstić information content (AvgIpc) is 2.37. The molecule has 0 fully saturated rings. The summed E-state index contributed by atoms with van der Waals surface area (Å²) in [6.07, 6.45) is 0. The van der Waals surface area contributed by atoms with Gasteiger partial charge in [0.05, 0.1) is 23.5 Å². The maximum atomic E-state index is 13.0. The molecule has 0 aliphatic heterocycles. The highest BCUT2D eigenvalue weighted by molar-refractivity contribution is 7.89. The topological polar surface area (TPSA) is 96.0 Å². The van der Waals surface area contributed by atoms with Crippen molar-refractivity contribution in [1.82, 2.24) is 4.72 Å². The van der Waals surface area contributed by atoms with Crippen molar-refractivity contribution in [3.8, 4) is 6.07 Å². The first-order chi connectivity index (χ1) is 8.72. The summed E-state index contributed by atoms with van der Waals surface area (Å²) in [4.78, 5) is -0.474. The number of alkyl halides is 2. The van der Waals surface area contributed by atoms with E-state index in [-0.39, 0.29) is 12.4 Å². The second-order valence-corrected chi connectivity index (χ2v) is 5.41. The molecule has 0 heterocycles. The fourth-order valence-corrected chi connectivity index (χ4v) is 2.20. The summed E-state index contributed by atoms with van der Waals surface area (Å²) in [5.74, 6) is -4.28. The Kier molecular flexibility index (Phi) is 6.43. The third-order valence-electron chi connectivity index (χ3n) is 2.19. The van der Waals surface area contributed by atoms with Crippen LogP contribution in [0.5, 0.6) is 0 Å². The van der Waals surface area contributed by atoms with Gasteiger partial charge in [-0.2, -0.15) is 5.26 Å². The van der Waals surface area contributed by atoms with Crippen LogP contribution in [0, 0.1) is 17.1 Å². The first kappa shape index (κ1) is 18.7. The van der Waals surface area contributed by atoms with Crippen molar-refractivity contribution in [1.29, 1.82) is 5.26 Å². The van der Waals surface area contributed by atoms with E-state index in [1.54, 1.807) is 4.72 Å². The quantitative estimate of drug-likeness (QED) is 0.842. The van der Waals surface area contributed by atoms with Crippen LogP contribution in [0.25, 0.3) is 0 Å². The van der Waals surface area contributed by atoms with E-state index >= 15 is 0 Å². The maximum Gasteiger partial charge on any atom is 0.273 e. The molecule has 20 heavy (non-hydrogen) atoms. The smallest absolute Gasteiger partial charge is 0.273 e. The number of rotatable bonds is 5. The molecule has 0 bridgehead atoms. The third kappa shape index (κ3) is 4.64. The number of nitrogens with one attached hydrogen (secondary N) is 1. The average molecular weight is 330 g/mol. The largest absolute Gasteiger partial charge is 0.325 e. The predicted molar refractivity (Wildman–Crippen MR) is 67.6 cm³/mol. The van der Waals surface area contributed by atoms with Crippen LogP contribution in [0.15, 0.2) is 23.1 Å². The van der Waals surface area contributed by atoms with Crippen molar-refractivity contribution in [2.75, 3.05) is 13.1 Å². The molecule has 10 heteroatoms. The summed E-state index contributed by atoms with van der Waals surface area (Å²) in [6, 6.07) is 3.86. The Balaban J connectivity index is 0.00000361. The van der Waals surface area contributed by atoms with Crippen molar-refractivity contribution in [2.45, 2.75) is 10.8 Å². The molecular weight excluding hydrogens is 319 g/mol. The van der Waals surface area contributed by atoms with E-state index in [0.29, 0.717) is 0 Å². The van der Waals surface area contributed by atoms with Crippen LogP contribution < -0.4 is 10.5 Å². The van der Waals surface area contributed by atoms with Gasteiger partial charge in [-0.1, -0.05) is 0 Å². The highest BCUT2D eigenvalue weighted by Gasteiger charge is 2.29. The molecule has 0 radical (unpaired) electrons. The van der Waals surface area contributed by atoms with Crippen molar-refractivity contribution in [2.24, 2.45) is 5.73 Å². The number of halogens is 4. The van der Waals surface area contributed by atoms with Crippen molar-refractivity contribution >= 4 is 22.4 Å². The highest BCUT2D eigenvalue weighted by Crippen LogP contribution is 2.16. The molecule has 0 aliphatic carbocycles. The van der Waals surface area contributed by atoms with Gasteiger partial charge in [0.2, 0.25) is 10.0 Å². The van der Waals surface area contributed by atoms with Gasteiger partial charge in [0, 0.05) is 0 Å². The molecule has 112 valence electrons. The number of nitrogens with two attached hydrogens (primary N) is 1. The van der Waals surface area contributed by atoms with Gasteiger partial charge in [-0.25, -0.2) is 26.3 Å². The van der Waals surface area contributed by atoms with Crippen LogP contribution in [0.4, 0.5) is 13.2 Å². The number of benzene rings is 1. The molecule has 3 N–H and O–H groups in total. The summed E-state index contributed by atoms with van der Waals surface area (Å²) in [7, 11) is -4.26. The number of nitrogens with zero attached hydrogens (tertiary/aromatic N) is 1. The molecule has 1 aromatic carbocycles. The molecular formula is C10H11ClF3N3O2S. The van der Waals surface area contributed by atoms with Crippen molar-refractivity contribution in [3.63, 3.8) is 0 Å². The lowest BCUT2D eigenvalue weighted by Crippen LogP contribution is -2.41. The Bertz CT molecular complexity index is 617. The van der Waals surface area contributed by atoms with Gasteiger partial charge < -0.3 is 5.73 Å². The Morgan fingerprint density at radius 2 is 2.00 bits per heavy atom. The molecule has 0 unspecified atom stereocenters. The van der Waals surface area contributed by atoms with Crippen LogP contribution in [0.2, 0.25) is 0 Å². The van der Waals surface area contributed by atoms with E-state index in [4.69, 9.17) is 11.0 Å². The summed E-state index contributed by atoms with van der Waals surface area (Å²) in [6.45, 7) is -2.19. The van der Waals surface area contributed by atoms with Crippen molar-refractivity contribution < 1.29 is 21.6 Å². The Morgan fingerprint density at radius 1 is 1.40 bits per heavy atom. The van der Waals surface area contributed by atoms with Gasteiger partial charge in [0.1, 0.15) is 11.9 Å². The standard InChI is InChI=1S/C10H10F3N3O2S.ClH/c11-9-2-1-8(3-7(9)4-14)19(17,18)16-6-10(12,13)5-15;/h1-3,16H,5-6,15H2;1H. The fraction of sp³-hybridized carbons (Fsp3) is 0.300. The van der Waals surface area contributed by atoms with Gasteiger partial charge in [0.15, 0.2) is 0 Å². The van der Waals surface area contributed by atoms with E-state index in [1.807, 2.05) is 0 Å². The van der Waals surface area contributed by atoms with Crippen LogP contribution >= 0.6 is 12.4 Å². The van der Waals surface area contributed by atoms with Gasteiger partial charge in [-0.15, -0.1) is 12.4 Å². The number of nitriles is 1. The summed E-state index contributed by atoms with van der Waals surface area (Å²) >= 11 is 0. The van der Waals surface area contributed by atoms with E-state index in [9.17, 15) is 21.6 Å². The molecule has 0 amide bonds. The molecule has 5 nitrogen and oxygen atoms in total. The molecule has 0 aromatic heterocycles. The summed E-state index contributed by atoms with van der Waals surface area (Å²) in [5, 5.41) is 8.56. The first-order valence-electron chi connectivity index (χ1n) is 4.99. The lowest BCUT2D eigenvalue weighted by molar-refractivity contribution is 0.0170. The zero-order chi connectivity index (χ0) is 14.7. The highest BCUT2D eigenvalue weighted by atomic mass is 35.5. The summed E-state index contributed by atoms with van der Waals surface area (Å²) in [5.41, 5.74) is 4.27. The maximum absolute atomic E-state index is 13.0. The van der Waals surface area contributed by atoms with Gasteiger partial charge in [-0.3, -0.25) is 0 Å². The first-order valence-corrected chi connectivity index (χ1v) is 6.47. The minimum Gasteiger partial charge on any atom is -0.325 e. The molecule has 0 aliphatic rings. The lowest BCUT2D eigenvalue weighted by atomic mass is 10.2. The zero-order valence-corrected chi connectivity index (χ0v) is 11.6. The number of hydrogen-bond acceptors (Lipinski definition) is 4. The van der Waals surface area contributed by atoms with Crippen LogP contribution in [-0.4, -0.2) is 27.4 Å². The van der Waals surface area contributed by atoms with E-state index < -0.39 is 45.3 Å². The van der Waals surface area contributed by atoms with Crippen LogP contribution in [0.1, 0.15) is 5.56 Å². The minimum absolute atomic E-state index is 0. The minimum atomic E-state index is -4.26. The van der Waals surface area contributed by atoms with E-state index in [2.05, 4.69) is 0 Å². The SMILES string of the molecule is Cl.N#Cc1cc(S(=O)(=O)NCC(F)(F)CN)ccc1F. The number of sulfonamides is 1. The second kappa shape index (κ2) is 6.90. The van der Waals surface area contributed by atoms with Gasteiger partial charge in [0.25, 0.3) is 5.92 Å². The van der Waals surface area contributed by atoms with Gasteiger partial charge in [-0.05, 0) is 18.2 Å². The van der Waals surface area contributed by atoms with Crippen molar-refractivity contribution in [3.05, 3.63) is 29.6 Å². The second-order valence-electron chi connectivity index (χ2n) is 3.64. The Labute approximate surface area is 120 Å². The molecule has 0 atom stereocenters. The summed E-state index contributed by atoms with van der Waals surface area (Å²) < 4.78 is 63.7. The Hall–Kier alpha value is -1.34. The lowest BCUT2D eigenvalue weighted by Gasteiger charge is -2.14. The number of hydrogen-bond donors (Lipinski definition) is 2. The Morgan fingerprint density at radius 3 is 2.50 bits per heavy atom. The van der Waals surface area contributed by atoms with Crippen LogP contribution in [-0.2, 0) is 10.0 Å². The predicted octanol–water partition coefficient (Wildman–Crippen LogP) is 0.991. The van der Waals surface area contributed by atoms with Crippen LogP contribution in [0.3, 0.4) is 0 Å². The molecule has 0 saturated carbocycles. The molecule has 1 aromatic rings. The zero-order valence-electron chi connectivity index (χ0n) is 9.94. The van der Waals surface area contributed by atoms with E-state index in [1.165, 1.54) is 6.07 Å². The van der Waals surface area contributed by atoms with Gasteiger partial charge >= 0.3 is 0 Å². The molecule has 0 saturated heterocycles. The fourth-order valence-electron chi connectivity index (χ4n) is 1.11.